The largest absolute Gasteiger partial charge is 0.313 e. The summed E-state index contributed by atoms with van der Waals surface area (Å²) >= 11 is 0. The van der Waals surface area contributed by atoms with Gasteiger partial charge in [0, 0.05) is 25.7 Å². The minimum atomic E-state index is 0.492. The summed E-state index contributed by atoms with van der Waals surface area (Å²) in [7, 11) is 0. The molecule has 1 saturated carbocycles. The zero-order valence-corrected chi connectivity index (χ0v) is 12.7. The maximum Gasteiger partial charge on any atom is 0.0107 e. The Morgan fingerprint density at radius 3 is 2.39 bits per heavy atom. The van der Waals surface area contributed by atoms with Gasteiger partial charge >= 0.3 is 0 Å². The Balaban J connectivity index is 1.60. The van der Waals surface area contributed by atoms with Crippen molar-refractivity contribution in [2.24, 2.45) is 11.3 Å². The molecule has 2 aliphatic rings. The van der Waals surface area contributed by atoms with E-state index in [0.717, 1.165) is 12.0 Å². The van der Waals surface area contributed by atoms with Crippen molar-refractivity contribution in [3.05, 3.63) is 0 Å². The van der Waals surface area contributed by atoms with Crippen LogP contribution in [0.2, 0.25) is 0 Å². The lowest BCUT2D eigenvalue weighted by atomic mass is 9.80. The Kier molecular flexibility index (Phi) is 5.08. The average molecular weight is 252 g/mol. The molecule has 1 atom stereocenters. The molecule has 0 amide bonds. The van der Waals surface area contributed by atoms with Gasteiger partial charge in [0.2, 0.25) is 0 Å². The zero-order valence-electron chi connectivity index (χ0n) is 12.7. The smallest absolute Gasteiger partial charge is 0.0107 e. The van der Waals surface area contributed by atoms with Gasteiger partial charge in [0.1, 0.15) is 0 Å². The van der Waals surface area contributed by atoms with Crippen LogP contribution in [0, 0.1) is 11.3 Å². The standard InChI is InChI=1S/C16H32N2/c1-16(2,3)14-9-11-18(13-14)12-10-17-15-7-5-4-6-8-15/h14-15,17H,4-13H2,1-3H3. The highest BCUT2D eigenvalue weighted by Crippen LogP contribution is 2.33. The van der Waals surface area contributed by atoms with Gasteiger partial charge in [0.25, 0.3) is 0 Å². The van der Waals surface area contributed by atoms with Crippen molar-refractivity contribution < 1.29 is 0 Å². The molecule has 1 N–H and O–H groups in total. The number of nitrogens with one attached hydrogen (secondary N) is 1. The fourth-order valence-electron chi connectivity index (χ4n) is 3.48. The summed E-state index contributed by atoms with van der Waals surface area (Å²) in [5, 5.41) is 3.76. The molecule has 0 aromatic heterocycles. The van der Waals surface area contributed by atoms with Crippen LogP contribution < -0.4 is 5.32 Å². The van der Waals surface area contributed by atoms with Crippen LogP contribution in [0.1, 0.15) is 59.3 Å². The van der Waals surface area contributed by atoms with E-state index in [2.05, 4.69) is 31.0 Å². The molecule has 0 radical (unpaired) electrons. The first kappa shape index (κ1) is 14.3. The first-order chi connectivity index (χ1) is 8.55. The topological polar surface area (TPSA) is 15.3 Å². The fourth-order valence-corrected chi connectivity index (χ4v) is 3.48. The molecule has 106 valence electrons. The first-order valence-corrected chi connectivity index (χ1v) is 8.01. The van der Waals surface area contributed by atoms with E-state index in [1.807, 2.05) is 0 Å². The van der Waals surface area contributed by atoms with E-state index in [9.17, 15) is 0 Å². The monoisotopic (exact) mass is 252 g/mol. The Hall–Kier alpha value is -0.0800. The third-order valence-corrected chi connectivity index (χ3v) is 4.96. The van der Waals surface area contributed by atoms with Gasteiger partial charge in [-0.3, -0.25) is 0 Å². The highest BCUT2D eigenvalue weighted by Gasteiger charge is 2.31. The van der Waals surface area contributed by atoms with Crippen LogP contribution in [0.25, 0.3) is 0 Å². The lowest BCUT2D eigenvalue weighted by Crippen LogP contribution is -2.37. The van der Waals surface area contributed by atoms with Crippen LogP contribution >= 0.6 is 0 Å². The molecule has 2 heteroatoms. The Morgan fingerprint density at radius 1 is 1.06 bits per heavy atom. The second kappa shape index (κ2) is 6.38. The van der Waals surface area contributed by atoms with Gasteiger partial charge in [-0.2, -0.15) is 0 Å². The fraction of sp³-hybridized carbons (Fsp3) is 1.00. The number of hydrogen-bond acceptors (Lipinski definition) is 2. The maximum atomic E-state index is 3.76. The Morgan fingerprint density at radius 2 is 1.78 bits per heavy atom. The molecule has 0 aromatic rings. The van der Waals surface area contributed by atoms with E-state index in [1.165, 1.54) is 64.7 Å². The van der Waals surface area contributed by atoms with Crippen molar-refractivity contribution in [3.63, 3.8) is 0 Å². The Labute approximate surface area is 114 Å². The minimum Gasteiger partial charge on any atom is -0.313 e. The maximum absolute atomic E-state index is 3.76. The molecule has 0 aromatic carbocycles. The molecule has 1 heterocycles. The average Bonchev–Trinajstić information content (AvgIpc) is 2.79. The molecule has 1 aliphatic heterocycles. The van der Waals surface area contributed by atoms with Gasteiger partial charge < -0.3 is 10.2 Å². The Bertz CT molecular complexity index is 238. The molecule has 18 heavy (non-hydrogen) atoms. The lowest BCUT2D eigenvalue weighted by molar-refractivity contribution is 0.227. The molecule has 2 fully saturated rings. The van der Waals surface area contributed by atoms with Crippen LogP contribution in [-0.2, 0) is 0 Å². The van der Waals surface area contributed by atoms with E-state index in [0.29, 0.717) is 5.41 Å². The van der Waals surface area contributed by atoms with Crippen molar-refractivity contribution in [2.75, 3.05) is 26.2 Å². The highest BCUT2D eigenvalue weighted by molar-refractivity contribution is 4.84. The third-order valence-electron chi connectivity index (χ3n) is 4.96. The van der Waals surface area contributed by atoms with Crippen LogP contribution in [-0.4, -0.2) is 37.1 Å². The number of rotatable bonds is 4. The van der Waals surface area contributed by atoms with E-state index < -0.39 is 0 Å². The molecule has 0 bridgehead atoms. The van der Waals surface area contributed by atoms with Gasteiger partial charge in [-0.1, -0.05) is 40.0 Å². The van der Waals surface area contributed by atoms with E-state index in [1.54, 1.807) is 0 Å². The summed E-state index contributed by atoms with van der Waals surface area (Å²) in [6, 6.07) is 0.819. The van der Waals surface area contributed by atoms with Gasteiger partial charge in [0.15, 0.2) is 0 Å². The summed E-state index contributed by atoms with van der Waals surface area (Å²) in [6.07, 6.45) is 8.54. The van der Waals surface area contributed by atoms with Crippen molar-refractivity contribution in [1.82, 2.24) is 10.2 Å². The van der Waals surface area contributed by atoms with E-state index in [-0.39, 0.29) is 0 Å². The number of nitrogens with zero attached hydrogens (tertiary/aromatic N) is 1. The summed E-state index contributed by atoms with van der Waals surface area (Å²) in [6.45, 7) is 12.2. The number of likely N-dealkylation sites (tertiary alicyclic amines) is 1. The zero-order chi connectivity index (χ0) is 13.0. The quantitative estimate of drug-likeness (QED) is 0.826. The van der Waals surface area contributed by atoms with E-state index in [4.69, 9.17) is 0 Å². The summed E-state index contributed by atoms with van der Waals surface area (Å²) in [5.74, 6) is 0.896. The van der Waals surface area contributed by atoms with Crippen LogP contribution in [0.4, 0.5) is 0 Å². The van der Waals surface area contributed by atoms with Gasteiger partial charge in [0.05, 0.1) is 0 Å². The molecular weight excluding hydrogens is 220 g/mol. The van der Waals surface area contributed by atoms with E-state index >= 15 is 0 Å². The summed E-state index contributed by atoms with van der Waals surface area (Å²) in [5.41, 5.74) is 0.492. The molecule has 0 spiro atoms. The van der Waals surface area contributed by atoms with Crippen LogP contribution in [0.15, 0.2) is 0 Å². The normalized spacial score (nSPS) is 27.8. The van der Waals surface area contributed by atoms with Crippen LogP contribution in [0.3, 0.4) is 0 Å². The SMILES string of the molecule is CC(C)(C)C1CCN(CCNC2CCCCC2)C1. The molecule has 1 saturated heterocycles. The van der Waals surface area contributed by atoms with Gasteiger partial charge in [-0.25, -0.2) is 0 Å². The predicted molar refractivity (Wildman–Crippen MR) is 78.9 cm³/mol. The van der Waals surface area contributed by atoms with Gasteiger partial charge in [-0.15, -0.1) is 0 Å². The van der Waals surface area contributed by atoms with Crippen molar-refractivity contribution >= 4 is 0 Å². The summed E-state index contributed by atoms with van der Waals surface area (Å²) in [4.78, 5) is 2.66. The third kappa shape index (κ3) is 4.24. The number of hydrogen-bond donors (Lipinski definition) is 1. The van der Waals surface area contributed by atoms with Crippen molar-refractivity contribution in [2.45, 2.75) is 65.3 Å². The molecule has 1 unspecified atom stereocenters. The highest BCUT2D eigenvalue weighted by atomic mass is 15.2. The molecule has 1 aliphatic carbocycles. The molecular formula is C16H32N2. The van der Waals surface area contributed by atoms with Crippen molar-refractivity contribution in [1.29, 1.82) is 0 Å². The minimum absolute atomic E-state index is 0.492. The summed E-state index contributed by atoms with van der Waals surface area (Å²) < 4.78 is 0. The first-order valence-electron chi connectivity index (χ1n) is 8.01. The second-order valence-corrected chi connectivity index (χ2v) is 7.44. The van der Waals surface area contributed by atoms with Crippen LogP contribution in [0.5, 0.6) is 0 Å². The van der Waals surface area contributed by atoms with Gasteiger partial charge in [-0.05, 0) is 37.1 Å². The van der Waals surface area contributed by atoms with Crippen molar-refractivity contribution in [3.8, 4) is 0 Å². The predicted octanol–water partition coefficient (Wildman–Crippen LogP) is 3.28. The molecule has 2 rings (SSSR count). The second-order valence-electron chi connectivity index (χ2n) is 7.44. The molecule has 2 nitrogen and oxygen atoms in total. The lowest BCUT2D eigenvalue weighted by Gasteiger charge is -2.27.